The van der Waals surface area contributed by atoms with E-state index in [0.29, 0.717) is 23.5 Å². The second-order valence-electron chi connectivity index (χ2n) is 3.96. The normalized spacial score (nSPS) is 11.1. The van der Waals surface area contributed by atoms with E-state index in [4.69, 9.17) is 10.9 Å². The van der Waals surface area contributed by atoms with Crippen LogP contribution in [0.4, 0.5) is 11.4 Å². The van der Waals surface area contributed by atoms with Crippen molar-refractivity contribution in [1.82, 2.24) is 5.32 Å². The van der Waals surface area contributed by atoms with Crippen LogP contribution in [0, 0.1) is 0 Å². The number of nitrogen functional groups attached to an aromatic ring is 1. The molecule has 0 saturated carbocycles. The van der Waals surface area contributed by atoms with E-state index in [2.05, 4.69) is 10.6 Å². The Bertz CT molecular complexity index is 557. The number of benzene rings is 1. The summed E-state index contributed by atoms with van der Waals surface area (Å²) < 4.78 is 21.7. The zero-order valence-corrected chi connectivity index (χ0v) is 11.5. The maximum atomic E-state index is 11.8. The van der Waals surface area contributed by atoms with Crippen LogP contribution in [0.15, 0.2) is 18.2 Å². The smallest absolute Gasteiger partial charge is 0.253 e. The summed E-state index contributed by atoms with van der Waals surface area (Å²) in [6.45, 7) is 2.41. The molecular weight excluding hydrogens is 268 g/mol. The summed E-state index contributed by atoms with van der Waals surface area (Å²) in [5.41, 5.74) is 7.01. The lowest BCUT2D eigenvalue weighted by molar-refractivity contribution is 0.0956. The highest BCUT2D eigenvalue weighted by atomic mass is 32.2. The van der Waals surface area contributed by atoms with Crippen LogP contribution in [-0.4, -0.2) is 33.2 Å². The van der Waals surface area contributed by atoms with Gasteiger partial charge in [-0.2, -0.15) is 0 Å². The monoisotopic (exact) mass is 286 g/mol. The Balaban J connectivity index is 2.85. The average molecular weight is 286 g/mol. The summed E-state index contributed by atoms with van der Waals surface area (Å²) in [5.74, 6) is -0.475. The molecule has 0 fully saturated rings. The standard InChI is InChI=1S/C11H18N4O3S/c1-2-14-11(16)9-4-3-8(12)7-10(9)15-5-6-19(13,17)18/h3-4,7,15H,2,5-6,12H2,1H3,(H,14,16)(H2,13,17,18). The third-order valence-corrected chi connectivity index (χ3v) is 3.10. The van der Waals surface area contributed by atoms with Crippen LogP contribution < -0.4 is 21.5 Å². The first-order chi connectivity index (χ1) is 8.83. The van der Waals surface area contributed by atoms with E-state index >= 15 is 0 Å². The summed E-state index contributed by atoms with van der Waals surface area (Å²) in [6.07, 6.45) is 0. The molecule has 106 valence electrons. The number of sulfonamides is 1. The predicted molar refractivity (Wildman–Crippen MR) is 75.3 cm³/mol. The number of hydrogen-bond acceptors (Lipinski definition) is 5. The first-order valence-corrected chi connectivity index (χ1v) is 7.47. The van der Waals surface area contributed by atoms with Crippen molar-refractivity contribution in [3.05, 3.63) is 23.8 Å². The fraction of sp³-hybridized carbons (Fsp3) is 0.364. The number of hydrogen-bond donors (Lipinski definition) is 4. The van der Waals surface area contributed by atoms with E-state index in [1.165, 1.54) is 0 Å². The molecule has 1 aromatic carbocycles. The molecule has 0 unspecified atom stereocenters. The summed E-state index contributed by atoms with van der Waals surface area (Å²) in [5, 5.41) is 10.4. The van der Waals surface area contributed by atoms with E-state index in [0.717, 1.165) is 0 Å². The molecule has 19 heavy (non-hydrogen) atoms. The summed E-state index contributed by atoms with van der Waals surface area (Å²) in [4.78, 5) is 11.8. The van der Waals surface area contributed by atoms with Crippen molar-refractivity contribution in [1.29, 1.82) is 0 Å². The molecule has 8 heteroatoms. The third-order valence-electron chi connectivity index (χ3n) is 2.33. The van der Waals surface area contributed by atoms with E-state index in [1.54, 1.807) is 18.2 Å². The lowest BCUT2D eigenvalue weighted by atomic mass is 10.1. The number of nitrogens with one attached hydrogen (secondary N) is 2. The van der Waals surface area contributed by atoms with Crippen molar-refractivity contribution in [3.63, 3.8) is 0 Å². The molecule has 1 rings (SSSR count). The molecule has 0 aromatic heterocycles. The number of amides is 1. The van der Waals surface area contributed by atoms with Gasteiger partial charge in [-0.05, 0) is 25.1 Å². The van der Waals surface area contributed by atoms with Crippen molar-refractivity contribution >= 4 is 27.3 Å². The first-order valence-electron chi connectivity index (χ1n) is 5.75. The Labute approximate surface area is 112 Å². The van der Waals surface area contributed by atoms with Gasteiger partial charge in [-0.15, -0.1) is 0 Å². The zero-order chi connectivity index (χ0) is 14.5. The van der Waals surface area contributed by atoms with Gasteiger partial charge in [-0.25, -0.2) is 13.6 Å². The van der Waals surface area contributed by atoms with Gasteiger partial charge in [0.05, 0.1) is 11.3 Å². The van der Waals surface area contributed by atoms with Crippen LogP contribution in [0.2, 0.25) is 0 Å². The van der Waals surface area contributed by atoms with Crippen molar-refractivity contribution in [2.45, 2.75) is 6.92 Å². The van der Waals surface area contributed by atoms with Gasteiger partial charge < -0.3 is 16.4 Å². The molecule has 6 N–H and O–H groups in total. The van der Waals surface area contributed by atoms with Crippen molar-refractivity contribution < 1.29 is 13.2 Å². The van der Waals surface area contributed by atoms with E-state index in [9.17, 15) is 13.2 Å². The van der Waals surface area contributed by atoms with Gasteiger partial charge in [0.2, 0.25) is 10.0 Å². The largest absolute Gasteiger partial charge is 0.399 e. The van der Waals surface area contributed by atoms with Crippen LogP contribution in [0.5, 0.6) is 0 Å². The molecule has 0 heterocycles. The fourth-order valence-electron chi connectivity index (χ4n) is 1.49. The van der Waals surface area contributed by atoms with Crippen molar-refractivity contribution in [2.24, 2.45) is 5.14 Å². The molecule has 0 radical (unpaired) electrons. The summed E-state index contributed by atoms with van der Waals surface area (Å²) in [6, 6.07) is 4.77. The highest BCUT2D eigenvalue weighted by Crippen LogP contribution is 2.19. The quantitative estimate of drug-likeness (QED) is 0.535. The number of carbonyl (C=O) groups excluding carboxylic acids is 1. The number of rotatable bonds is 6. The van der Waals surface area contributed by atoms with Gasteiger partial charge in [0, 0.05) is 24.5 Å². The maximum Gasteiger partial charge on any atom is 0.253 e. The van der Waals surface area contributed by atoms with Crippen LogP contribution in [-0.2, 0) is 10.0 Å². The van der Waals surface area contributed by atoms with E-state index in [-0.39, 0.29) is 18.2 Å². The highest BCUT2D eigenvalue weighted by molar-refractivity contribution is 7.89. The van der Waals surface area contributed by atoms with Gasteiger partial charge in [0.1, 0.15) is 0 Å². The second-order valence-corrected chi connectivity index (χ2v) is 5.69. The molecule has 0 aliphatic rings. The molecule has 0 spiro atoms. The Morgan fingerprint density at radius 3 is 2.63 bits per heavy atom. The highest BCUT2D eigenvalue weighted by Gasteiger charge is 2.11. The van der Waals surface area contributed by atoms with Crippen LogP contribution in [0.1, 0.15) is 17.3 Å². The van der Waals surface area contributed by atoms with Gasteiger partial charge in [-0.3, -0.25) is 4.79 Å². The number of anilines is 2. The number of carbonyl (C=O) groups is 1. The zero-order valence-electron chi connectivity index (χ0n) is 10.6. The average Bonchev–Trinajstić information content (AvgIpc) is 2.27. The van der Waals surface area contributed by atoms with Crippen molar-refractivity contribution in [2.75, 3.05) is 29.9 Å². The fourth-order valence-corrected chi connectivity index (χ4v) is 1.88. The summed E-state index contributed by atoms with van der Waals surface area (Å²) in [7, 11) is -3.54. The molecule has 0 aliphatic carbocycles. The second kappa shape index (κ2) is 6.39. The minimum Gasteiger partial charge on any atom is -0.399 e. The molecule has 0 aliphatic heterocycles. The van der Waals surface area contributed by atoms with Crippen LogP contribution in [0.3, 0.4) is 0 Å². The Kier molecular flexibility index (Phi) is 5.13. The Hall–Kier alpha value is -1.80. The molecule has 7 nitrogen and oxygen atoms in total. The van der Waals surface area contributed by atoms with Gasteiger partial charge >= 0.3 is 0 Å². The SMILES string of the molecule is CCNC(=O)c1ccc(N)cc1NCCS(N)(=O)=O. The van der Waals surface area contributed by atoms with E-state index in [1.807, 2.05) is 6.92 Å². The lowest BCUT2D eigenvalue weighted by Gasteiger charge is -2.12. The van der Waals surface area contributed by atoms with Crippen LogP contribution >= 0.6 is 0 Å². The Morgan fingerprint density at radius 2 is 2.05 bits per heavy atom. The molecule has 0 atom stereocenters. The van der Waals surface area contributed by atoms with E-state index < -0.39 is 10.0 Å². The Morgan fingerprint density at radius 1 is 1.37 bits per heavy atom. The maximum absolute atomic E-state index is 11.8. The van der Waals surface area contributed by atoms with Crippen molar-refractivity contribution in [3.8, 4) is 0 Å². The number of nitrogens with two attached hydrogens (primary N) is 2. The molecule has 0 bridgehead atoms. The minimum absolute atomic E-state index is 0.106. The third kappa shape index (κ3) is 5.14. The van der Waals surface area contributed by atoms with Gasteiger partial charge in [0.25, 0.3) is 5.91 Å². The summed E-state index contributed by atoms with van der Waals surface area (Å²) >= 11 is 0. The first kappa shape index (κ1) is 15.3. The molecular formula is C11H18N4O3S. The molecule has 0 saturated heterocycles. The molecule has 1 aromatic rings. The van der Waals surface area contributed by atoms with Gasteiger partial charge in [0.15, 0.2) is 0 Å². The lowest BCUT2D eigenvalue weighted by Crippen LogP contribution is -2.26. The van der Waals surface area contributed by atoms with Crippen LogP contribution in [0.25, 0.3) is 0 Å². The predicted octanol–water partition coefficient (Wildman–Crippen LogP) is -0.281. The van der Waals surface area contributed by atoms with Gasteiger partial charge in [-0.1, -0.05) is 0 Å². The number of primary sulfonamides is 1. The minimum atomic E-state index is -3.54. The topological polar surface area (TPSA) is 127 Å². The molecule has 1 amide bonds.